The molecular formula is C18H26Cl2N4O. The van der Waals surface area contributed by atoms with E-state index in [-0.39, 0.29) is 30.7 Å². The maximum Gasteiger partial charge on any atom is 0.253 e. The monoisotopic (exact) mass is 384 g/mol. The second-order valence-corrected chi connectivity index (χ2v) is 6.23. The molecule has 1 saturated heterocycles. The maximum atomic E-state index is 12.5. The first-order valence-electron chi connectivity index (χ1n) is 8.26. The van der Waals surface area contributed by atoms with Crippen LogP contribution in [0.25, 0.3) is 5.82 Å². The van der Waals surface area contributed by atoms with Gasteiger partial charge in [-0.25, -0.2) is 4.98 Å². The van der Waals surface area contributed by atoms with Gasteiger partial charge in [-0.15, -0.1) is 24.8 Å². The summed E-state index contributed by atoms with van der Waals surface area (Å²) in [5.74, 6) is 1.39. The van der Waals surface area contributed by atoms with E-state index < -0.39 is 0 Å². The smallest absolute Gasteiger partial charge is 0.253 e. The topological polar surface area (TPSA) is 59.0 Å². The fourth-order valence-electron chi connectivity index (χ4n) is 3.26. The standard InChI is InChI=1S/C18H24N4O.2ClH/c1-13-10-16(14(2)22(13)17-7-3-4-9-20-17)18(23)21-12-15-6-5-8-19-11-15;;/h3-4,7,9-10,15,19H,5-6,8,11-12H2,1-2H3,(H,21,23);2*1H. The van der Waals surface area contributed by atoms with Gasteiger partial charge in [-0.3, -0.25) is 4.79 Å². The van der Waals surface area contributed by atoms with E-state index in [0.717, 1.165) is 42.4 Å². The van der Waals surface area contributed by atoms with E-state index in [1.54, 1.807) is 6.20 Å². The van der Waals surface area contributed by atoms with Crippen LogP contribution >= 0.6 is 24.8 Å². The molecule has 0 spiro atoms. The van der Waals surface area contributed by atoms with Crippen molar-refractivity contribution in [2.45, 2.75) is 26.7 Å². The Labute approximate surface area is 161 Å². The highest BCUT2D eigenvalue weighted by molar-refractivity contribution is 5.95. The summed E-state index contributed by atoms with van der Waals surface area (Å²) < 4.78 is 2.02. The quantitative estimate of drug-likeness (QED) is 0.851. The molecule has 1 amide bonds. The highest BCUT2D eigenvalue weighted by Gasteiger charge is 2.19. The van der Waals surface area contributed by atoms with E-state index in [1.807, 2.05) is 42.7 Å². The maximum absolute atomic E-state index is 12.5. The van der Waals surface area contributed by atoms with Gasteiger partial charge in [-0.05, 0) is 63.9 Å². The zero-order chi connectivity index (χ0) is 16.2. The van der Waals surface area contributed by atoms with Crippen molar-refractivity contribution in [1.29, 1.82) is 0 Å². The van der Waals surface area contributed by atoms with Crippen LogP contribution in [0.4, 0.5) is 0 Å². The highest BCUT2D eigenvalue weighted by atomic mass is 35.5. The first-order valence-corrected chi connectivity index (χ1v) is 8.26. The van der Waals surface area contributed by atoms with Crippen molar-refractivity contribution >= 4 is 30.7 Å². The number of nitrogens with one attached hydrogen (secondary N) is 2. The number of piperidine rings is 1. The fourth-order valence-corrected chi connectivity index (χ4v) is 3.26. The number of carbonyl (C=O) groups is 1. The van der Waals surface area contributed by atoms with E-state index in [1.165, 1.54) is 12.8 Å². The summed E-state index contributed by atoms with van der Waals surface area (Å²) >= 11 is 0. The first-order chi connectivity index (χ1) is 11.2. The van der Waals surface area contributed by atoms with Crippen LogP contribution in [-0.2, 0) is 0 Å². The van der Waals surface area contributed by atoms with Crippen molar-refractivity contribution in [3.63, 3.8) is 0 Å². The van der Waals surface area contributed by atoms with Crippen LogP contribution in [-0.4, -0.2) is 35.1 Å². The molecule has 1 fully saturated rings. The van der Waals surface area contributed by atoms with Gasteiger partial charge in [0.2, 0.25) is 0 Å². The molecular weight excluding hydrogens is 359 g/mol. The summed E-state index contributed by atoms with van der Waals surface area (Å²) in [6.45, 7) is 6.80. The molecule has 2 aromatic heterocycles. The molecule has 3 heterocycles. The van der Waals surface area contributed by atoms with Gasteiger partial charge in [-0.1, -0.05) is 6.07 Å². The van der Waals surface area contributed by atoms with E-state index in [2.05, 4.69) is 15.6 Å². The molecule has 5 nitrogen and oxygen atoms in total. The van der Waals surface area contributed by atoms with Gasteiger partial charge in [0.15, 0.2) is 0 Å². The Morgan fingerprint density at radius 1 is 1.36 bits per heavy atom. The van der Waals surface area contributed by atoms with Crippen LogP contribution in [0.5, 0.6) is 0 Å². The number of halogens is 2. The molecule has 25 heavy (non-hydrogen) atoms. The van der Waals surface area contributed by atoms with Gasteiger partial charge in [0.05, 0.1) is 5.56 Å². The molecule has 138 valence electrons. The van der Waals surface area contributed by atoms with Crippen molar-refractivity contribution in [3.8, 4) is 5.82 Å². The SMILES string of the molecule is Cc1cc(C(=O)NCC2CCCNC2)c(C)n1-c1ccccn1.Cl.Cl. The van der Waals surface area contributed by atoms with Crippen LogP contribution in [0.3, 0.4) is 0 Å². The number of aryl methyl sites for hydroxylation is 1. The third kappa shape index (κ3) is 4.97. The third-order valence-electron chi connectivity index (χ3n) is 4.50. The molecule has 0 aromatic carbocycles. The van der Waals surface area contributed by atoms with Gasteiger partial charge in [-0.2, -0.15) is 0 Å². The van der Waals surface area contributed by atoms with E-state index in [9.17, 15) is 4.79 Å². The minimum atomic E-state index is 0. The molecule has 1 unspecified atom stereocenters. The van der Waals surface area contributed by atoms with E-state index in [4.69, 9.17) is 0 Å². The Morgan fingerprint density at radius 3 is 2.80 bits per heavy atom. The fraction of sp³-hybridized carbons (Fsp3) is 0.444. The van der Waals surface area contributed by atoms with Crippen LogP contribution in [0.1, 0.15) is 34.6 Å². The average Bonchev–Trinajstić information content (AvgIpc) is 2.89. The van der Waals surface area contributed by atoms with Crippen LogP contribution in [0.2, 0.25) is 0 Å². The lowest BCUT2D eigenvalue weighted by atomic mass is 10.00. The first kappa shape index (κ1) is 21.5. The zero-order valence-electron chi connectivity index (χ0n) is 14.6. The number of hydrogen-bond acceptors (Lipinski definition) is 3. The van der Waals surface area contributed by atoms with Gasteiger partial charge in [0.1, 0.15) is 5.82 Å². The predicted molar refractivity (Wildman–Crippen MR) is 105 cm³/mol. The van der Waals surface area contributed by atoms with Crippen LogP contribution in [0, 0.1) is 19.8 Å². The molecule has 3 rings (SSSR count). The summed E-state index contributed by atoms with van der Waals surface area (Å²) in [7, 11) is 0. The Kier molecular flexibility index (Phi) is 8.42. The number of nitrogens with zero attached hydrogens (tertiary/aromatic N) is 2. The molecule has 0 saturated carbocycles. The average molecular weight is 385 g/mol. The molecule has 1 aliphatic rings. The van der Waals surface area contributed by atoms with Crippen molar-refractivity contribution in [2.24, 2.45) is 5.92 Å². The lowest BCUT2D eigenvalue weighted by Gasteiger charge is -2.22. The third-order valence-corrected chi connectivity index (χ3v) is 4.50. The second-order valence-electron chi connectivity index (χ2n) is 6.23. The number of hydrogen-bond donors (Lipinski definition) is 2. The zero-order valence-corrected chi connectivity index (χ0v) is 16.3. The number of pyridine rings is 1. The van der Waals surface area contributed by atoms with Crippen LogP contribution in [0.15, 0.2) is 30.5 Å². The molecule has 2 aromatic rings. The number of carbonyl (C=O) groups excluding carboxylic acids is 1. The van der Waals surface area contributed by atoms with Gasteiger partial charge < -0.3 is 15.2 Å². The summed E-state index contributed by atoms with van der Waals surface area (Å²) in [6.07, 6.45) is 4.14. The van der Waals surface area contributed by atoms with Crippen molar-refractivity contribution in [3.05, 3.63) is 47.4 Å². The molecule has 1 aliphatic heterocycles. The Balaban J connectivity index is 0.00000156. The largest absolute Gasteiger partial charge is 0.352 e. The second kappa shape index (κ2) is 9.80. The Morgan fingerprint density at radius 2 is 2.16 bits per heavy atom. The van der Waals surface area contributed by atoms with E-state index in [0.29, 0.717) is 5.92 Å². The van der Waals surface area contributed by atoms with Gasteiger partial charge >= 0.3 is 0 Å². The summed E-state index contributed by atoms with van der Waals surface area (Å²) in [6, 6.07) is 7.74. The Bertz CT molecular complexity index is 682. The molecule has 1 atom stereocenters. The lowest BCUT2D eigenvalue weighted by molar-refractivity contribution is 0.0944. The summed E-state index contributed by atoms with van der Waals surface area (Å²) in [5, 5.41) is 6.47. The minimum absolute atomic E-state index is 0. The van der Waals surface area contributed by atoms with Crippen molar-refractivity contribution in [2.75, 3.05) is 19.6 Å². The predicted octanol–water partition coefficient (Wildman–Crippen LogP) is 3.06. The van der Waals surface area contributed by atoms with Gasteiger partial charge in [0, 0.05) is 24.1 Å². The summed E-state index contributed by atoms with van der Waals surface area (Å²) in [4.78, 5) is 16.9. The Hall–Kier alpha value is -1.56. The summed E-state index contributed by atoms with van der Waals surface area (Å²) in [5.41, 5.74) is 2.68. The molecule has 0 aliphatic carbocycles. The van der Waals surface area contributed by atoms with Gasteiger partial charge in [0.25, 0.3) is 5.91 Å². The molecule has 0 radical (unpaired) electrons. The van der Waals surface area contributed by atoms with E-state index >= 15 is 0 Å². The molecule has 0 bridgehead atoms. The van der Waals surface area contributed by atoms with Crippen molar-refractivity contribution < 1.29 is 4.79 Å². The normalized spacial score (nSPS) is 16.5. The van der Waals surface area contributed by atoms with Crippen molar-refractivity contribution in [1.82, 2.24) is 20.2 Å². The number of amides is 1. The van der Waals surface area contributed by atoms with Crippen LogP contribution < -0.4 is 10.6 Å². The number of aromatic nitrogens is 2. The highest BCUT2D eigenvalue weighted by Crippen LogP contribution is 2.19. The molecule has 2 N–H and O–H groups in total. The number of rotatable bonds is 4. The lowest BCUT2D eigenvalue weighted by Crippen LogP contribution is -2.38. The minimum Gasteiger partial charge on any atom is -0.352 e. The molecule has 7 heteroatoms.